The third-order valence-electron chi connectivity index (χ3n) is 2.30. The van der Waals surface area contributed by atoms with Gasteiger partial charge >= 0.3 is 23.9 Å². The summed E-state index contributed by atoms with van der Waals surface area (Å²) in [6, 6.07) is 2.08. The lowest BCUT2D eigenvalue weighted by molar-refractivity contribution is 0.0380. The normalized spacial score (nSPS) is 9.91. The SMILES string of the molecule is O=C(O)c1ccnc(C(=O)OC(=O)c2nccc(C(=O)O)n2)n1. The first kappa shape index (κ1) is 15.6. The average Bonchev–Trinajstić information content (AvgIpc) is 2.54. The number of carboxylic acid groups (broad SMARTS) is 2. The molecule has 2 rings (SSSR count). The molecule has 0 spiro atoms. The predicted molar refractivity (Wildman–Crippen MR) is 67.7 cm³/mol. The smallest absolute Gasteiger partial charge is 0.384 e. The Kier molecular flexibility index (Phi) is 4.31. The molecule has 0 saturated carbocycles. The molecule has 0 aliphatic rings. The average molecular weight is 318 g/mol. The zero-order chi connectivity index (χ0) is 17.0. The summed E-state index contributed by atoms with van der Waals surface area (Å²) in [6.45, 7) is 0. The minimum Gasteiger partial charge on any atom is -0.477 e. The van der Waals surface area contributed by atoms with E-state index in [1.807, 2.05) is 0 Å². The number of rotatable bonds is 4. The molecule has 0 aromatic carbocycles. The Bertz CT molecular complexity index is 753. The van der Waals surface area contributed by atoms with Gasteiger partial charge in [0.15, 0.2) is 11.4 Å². The number of aromatic nitrogens is 4. The molecule has 0 fully saturated rings. The van der Waals surface area contributed by atoms with Gasteiger partial charge in [-0.15, -0.1) is 0 Å². The standard InChI is InChI=1S/C12H6N4O7/c17-9(18)5-1-3-13-7(15-5)11(21)23-12(22)8-14-4-2-6(16-8)10(19)20/h1-4H,(H,17,18)(H,19,20). The van der Waals surface area contributed by atoms with Gasteiger partial charge in [0.1, 0.15) is 0 Å². The van der Waals surface area contributed by atoms with Gasteiger partial charge in [-0.3, -0.25) is 0 Å². The van der Waals surface area contributed by atoms with Crippen molar-refractivity contribution in [3.05, 3.63) is 47.6 Å². The van der Waals surface area contributed by atoms with Gasteiger partial charge in [0.25, 0.3) is 0 Å². The summed E-state index contributed by atoms with van der Waals surface area (Å²) in [5, 5.41) is 17.5. The van der Waals surface area contributed by atoms with Crippen LogP contribution in [0, 0.1) is 0 Å². The van der Waals surface area contributed by atoms with Crippen LogP contribution in [0.3, 0.4) is 0 Å². The molecule has 0 saturated heterocycles. The number of aromatic carboxylic acids is 2. The maximum Gasteiger partial charge on any atom is 0.384 e. The van der Waals surface area contributed by atoms with Gasteiger partial charge in [0.2, 0.25) is 11.6 Å². The lowest BCUT2D eigenvalue weighted by atomic mass is 10.4. The molecule has 0 atom stereocenters. The molecule has 0 aliphatic heterocycles. The molecule has 2 heterocycles. The number of carbonyl (C=O) groups is 4. The van der Waals surface area contributed by atoms with Gasteiger partial charge in [0, 0.05) is 12.4 Å². The van der Waals surface area contributed by atoms with E-state index in [4.69, 9.17) is 10.2 Å². The number of hydrogen-bond donors (Lipinski definition) is 2. The zero-order valence-corrected chi connectivity index (χ0v) is 11.0. The fourth-order valence-electron chi connectivity index (χ4n) is 1.33. The van der Waals surface area contributed by atoms with Crippen molar-refractivity contribution in [2.45, 2.75) is 0 Å². The Hall–Kier alpha value is -3.76. The molecule has 11 heteroatoms. The van der Waals surface area contributed by atoms with Crippen molar-refractivity contribution < 1.29 is 34.1 Å². The second-order valence-corrected chi connectivity index (χ2v) is 3.82. The molecule has 0 radical (unpaired) electrons. The van der Waals surface area contributed by atoms with Gasteiger partial charge in [-0.25, -0.2) is 39.1 Å². The maximum atomic E-state index is 11.7. The second kappa shape index (κ2) is 6.34. The summed E-state index contributed by atoms with van der Waals surface area (Å²) >= 11 is 0. The van der Waals surface area contributed by atoms with Crippen molar-refractivity contribution in [3.8, 4) is 0 Å². The van der Waals surface area contributed by atoms with Gasteiger partial charge < -0.3 is 14.9 Å². The molecule has 0 aliphatic carbocycles. The Morgan fingerprint density at radius 1 is 0.783 bits per heavy atom. The molecular weight excluding hydrogens is 312 g/mol. The Balaban J connectivity index is 2.18. The fraction of sp³-hybridized carbons (Fsp3) is 0. The molecule has 116 valence electrons. The van der Waals surface area contributed by atoms with Gasteiger partial charge in [-0.2, -0.15) is 0 Å². The topological polar surface area (TPSA) is 170 Å². The van der Waals surface area contributed by atoms with E-state index in [2.05, 4.69) is 24.7 Å². The largest absolute Gasteiger partial charge is 0.477 e. The minimum absolute atomic E-state index is 0.469. The van der Waals surface area contributed by atoms with Crippen LogP contribution >= 0.6 is 0 Å². The molecule has 0 unspecified atom stereocenters. The third kappa shape index (κ3) is 3.66. The summed E-state index contributed by atoms with van der Waals surface area (Å²) in [5.41, 5.74) is -0.938. The highest BCUT2D eigenvalue weighted by molar-refractivity contribution is 6.00. The Labute approximate surface area is 126 Å². The number of nitrogens with zero attached hydrogens (tertiary/aromatic N) is 4. The van der Waals surface area contributed by atoms with Crippen molar-refractivity contribution >= 4 is 23.9 Å². The van der Waals surface area contributed by atoms with E-state index >= 15 is 0 Å². The summed E-state index contributed by atoms with van der Waals surface area (Å²) < 4.78 is 4.38. The fourth-order valence-corrected chi connectivity index (χ4v) is 1.33. The molecule has 2 aromatic rings. The molecule has 0 bridgehead atoms. The van der Waals surface area contributed by atoms with Crippen LogP contribution in [-0.2, 0) is 4.74 Å². The number of esters is 2. The van der Waals surface area contributed by atoms with Crippen LogP contribution in [0.15, 0.2) is 24.5 Å². The predicted octanol–water partition coefficient (Wildman–Crippen LogP) is -0.340. The minimum atomic E-state index is -1.40. The van der Waals surface area contributed by atoms with Crippen molar-refractivity contribution in [1.82, 2.24) is 19.9 Å². The molecular formula is C12H6N4O7. The first-order valence-electron chi connectivity index (χ1n) is 5.77. The van der Waals surface area contributed by atoms with Crippen molar-refractivity contribution in [1.29, 1.82) is 0 Å². The molecule has 0 amide bonds. The first-order valence-corrected chi connectivity index (χ1v) is 5.77. The lowest BCUT2D eigenvalue weighted by Crippen LogP contribution is -2.19. The quantitative estimate of drug-likeness (QED) is 0.558. The van der Waals surface area contributed by atoms with E-state index in [1.54, 1.807) is 0 Å². The summed E-state index contributed by atoms with van der Waals surface area (Å²) in [4.78, 5) is 58.6. The second-order valence-electron chi connectivity index (χ2n) is 3.82. The van der Waals surface area contributed by atoms with Crippen molar-refractivity contribution in [3.63, 3.8) is 0 Å². The lowest BCUT2D eigenvalue weighted by Gasteiger charge is -2.02. The summed E-state index contributed by atoms with van der Waals surface area (Å²) in [5.74, 6) is -6.78. The van der Waals surface area contributed by atoms with Crippen LogP contribution in [0.2, 0.25) is 0 Å². The highest BCUT2D eigenvalue weighted by atomic mass is 16.6. The maximum absolute atomic E-state index is 11.7. The molecule has 23 heavy (non-hydrogen) atoms. The molecule has 11 nitrogen and oxygen atoms in total. The van der Waals surface area contributed by atoms with Gasteiger partial charge in [0.05, 0.1) is 0 Å². The van der Waals surface area contributed by atoms with E-state index in [-0.39, 0.29) is 0 Å². The highest BCUT2D eigenvalue weighted by Crippen LogP contribution is 2.02. The van der Waals surface area contributed by atoms with E-state index in [9.17, 15) is 19.2 Å². The summed E-state index contributed by atoms with van der Waals surface area (Å²) in [7, 11) is 0. The van der Waals surface area contributed by atoms with E-state index in [0.717, 1.165) is 24.5 Å². The highest BCUT2D eigenvalue weighted by Gasteiger charge is 2.21. The van der Waals surface area contributed by atoms with Crippen LogP contribution in [0.1, 0.15) is 42.2 Å². The van der Waals surface area contributed by atoms with Gasteiger partial charge in [-0.1, -0.05) is 0 Å². The van der Waals surface area contributed by atoms with Crippen LogP contribution in [0.4, 0.5) is 0 Å². The monoisotopic (exact) mass is 318 g/mol. The van der Waals surface area contributed by atoms with Crippen LogP contribution in [0.5, 0.6) is 0 Å². The Morgan fingerprint density at radius 3 is 1.52 bits per heavy atom. The summed E-state index contributed by atoms with van der Waals surface area (Å²) in [6.07, 6.45) is 2.00. The molecule has 2 N–H and O–H groups in total. The third-order valence-corrected chi connectivity index (χ3v) is 2.30. The number of ether oxygens (including phenoxy) is 1. The zero-order valence-electron chi connectivity index (χ0n) is 11.0. The number of carboxylic acids is 2. The van der Waals surface area contributed by atoms with Gasteiger partial charge in [-0.05, 0) is 12.1 Å². The van der Waals surface area contributed by atoms with Crippen LogP contribution in [-0.4, -0.2) is 54.0 Å². The van der Waals surface area contributed by atoms with E-state index in [1.165, 1.54) is 0 Å². The van der Waals surface area contributed by atoms with E-state index < -0.39 is 46.9 Å². The van der Waals surface area contributed by atoms with E-state index in [0.29, 0.717) is 0 Å². The first-order chi connectivity index (χ1) is 10.9. The Morgan fingerprint density at radius 2 is 1.17 bits per heavy atom. The van der Waals surface area contributed by atoms with Crippen molar-refractivity contribution in [2.24, 2.45) is 0 Å². The number of hydrogen-bond acceptors (Lipinski definition) is 9. The van der Waals surface area contributed by atoms with Crippen LogP contribution in [0.25, 0.3) is 0 Å². The molecule has 2 aromatic heterocycles. The van der Waals surface area contributed by atoms with Crippen molar-refractivity contribution in [2.75, 3.05) is 0 Å². The number of carbonyl (C=O) groups excluding carboxylic acids is 2. The van der Waals surface area contributed by atoms with Crippen LogP contribution < -0.4 is 0 Å².